The number of aromatic nitrogens is 2. The van der Waals surface area contributed by atoms with Crippen molar-refractivity contribution >= 4 is 17.4 Å². The number of ketones is 1. The molecule has 1 N–H and O–H groups in total. The average molecular weight is 418 g/mol. The summed E-state index contributed by atoms with van der Waals surface area (Å²) in [7, 11) is 0. The van der Waals surface area contributed by atoms with E-state index in [2.05, 4.69) is 20.4 Å². The molecule has 0 saturated carbocycles. The van der Waals surface area contributed by atoms with Crippen molar-refractivity contribution in [3.05, 3.63) is 65.5 Å². The summed E-state index contributed by atoms with van der Waals surface area (Å²) in [6.07, 6.45) is 1.73. The van der Waals surface area contributed by atoms with Gasteiger partial charge in [0.05, 0.1) is 6.54 Å². The maximum atomic E-state index is 12.4. The number of hydrogen-bond acceptors (Lipinski definition) is 6. The minimum Gasteiger partial charge on any atom is -0.339 e. The van der Waals surface area contributed by atoms with Crippen LogP contribution in [0.5, 0.6) is 0 Å². The normalized spacial score (nSPS) is 15.0. The Hall–Kier alpha value is -3.32. The van der Waals surface area contributed by atoms with Crippen molar-refractivity contribution in [3.8, 4) is 11.4 Å². The molecule has 160 valence electrons. The quantitative estimate of drug-likeness (QED) is 0.607. The van der Waals surface area contributed by atoms with Crippen LogP contribution in [0.3, 0.4) is 0 Å². The number of rotatable bonds is 6. The molecule has 1 fully saturated rings. The predicted molar refractivity (Wildman–Crippen MR) is 118 cm³/mol. The maximum Gasteiger partial charge on any atom is 0.238 e. The van der Waals surface area contributed by atoms with Gasteiger partial charge in [0.15, 0.2) is 5.78 Å². The van der Waals surface area contributed by atoms with E-state index in [1.165, 1.54) is 12.5 Å². The van der Waals surface area contributed by atoms with Gasteiger partial charge >= 0.3 is 0 Å². The molecule has 2 heterocycles. The minimum atomic E-state index is -0.0846. The molecule has 1 amide bonds. The van der Waals surface area contributed by atoms with Crippen LogP contribution in [0.4, 0.5) is 5.69 Å². The molecule has 3 aromatic rings. The number of piperidine rings is 1. The van der Waals surface area contributed by atoms with Gasteiger partial charge in [0.2, 0.25) is 17.6 Å². The van der Waals surface area contributed by atoms with Gasteiger partial charge < -0.3 is 9.84 Å². The third-order valence-corrected chi connectivity index (χ3v) is 5.61. The van der Waals surface area contributed by atoms with Crippen molar-refractivity contribution in [1.29, 1.82) is 0 Å². The zero-order valence-corrected chi connectivity index (χ0v) is 17.8. The molecule has 1 aromatic heterocycles. The van der Waals surface area contributed by atoms with Gasteiger partial charge in [-0.05, 0) is 51.9 Å². The molecule has 0 spiro atoms. The summed E-state index contributed by atoms with van der Waals surface area (Å²) in [5.41, 5.74) is 3.37. The zero-order valence-electron chi connectivity index (χ0n) is 17.8. The summed E-state index contributed by atoms with van der Waals surface area (Å²) in [6.45, 7) is 5.44. The van der Waals surface area contributed by atoms with Crippen molar-refractivity contribution in [1.82, 2.24) is 15.0 Å². The average Bonchev–Trinajstić information content (AvgIpc) is 3.25. The second-order valence-electron chi connectivity index (χ2n) is 8.06. The van der Waals surface area contributed by atoms with E-state index in [0.717, 1.165) is 31.5 Å². The Labute approximate surface area is 181 Å². The molecule has 0 bridgehead atoms. The molecule has 31 heavy (non-hydrogen) atoms. The van der Waals surface area contributed by atoms with E-state index in [1.54, 1.807) is 24.3 Å². The van der Waals surface area contributed by atoms with Gasteiger partial charge in [-0.25, -0.2) is 0 Å². The fourth-order valence-corrected chi connectivity index (χ4v) is 3.78. The summed E-state index contributed by atoms with van der Waals surface area (Å²) in [6, 6.07) is 15.1. The predicted octanol–water partition coefficient (Wildman–Crippen LogP) is 4.07. The second-order valence-corrected chi connectivity index (χ2v) is 8.06. The number of likely N-dealkylation sites (tertiary alicyclic amines) is 1. The molecule has 7 nitrogen and oxygen atoms in total. The first kappa shape index (κ1) is 20.9. The molecule has 1 saturated heterocycles. The number of carbonyl (C=O) groups excluding carboxylic acids is 2. The highest BCUT2D eigenvalue weighted by molar-refractivity contribution is 5.97. The highest BCUT2D eigenvalue weighted by Gasteiger charge is 2.26. The fourth-order valence-electron chi connectivity index (χ4n) is 3.78. The number of benzene rings is 2. The van der Waals surface area contributed by atoms with Crippen LogP contribution in [0, 0.1) is 6.92 Å². The van der Waals surface area contributed by atoms with Crippen LogP contribution in [0.25, 0.3) is 11.4 Å². The number of nitrogens with zero attached hydrogens (tertiary/aromatic N) is 3. The van der Waals surface area contributed by atoms with Crippen LogP contribution in [-0.4, -0.2) is 46.4 Å². The summed E-state index contributed by atoms with van der Waals surface area (Å²) >= 11 is 0. The monoisotopic (exact) mass is 418 g/mol. The molecule has 2 aromatic carbocycles. The fraction of sp³-hybridized carbons (Fsp3) is 0.333. The third kappa shape index (κ3) is 5.24. The van der Waals surface area contributed by atoms with E-state index in [0.29, 0.717) is 29.5 Å². The number of amides is 1. The van der Waals surface area contributed by atoms with Gasteiger partial charge in [-0.15, -0.1) is 0 Å². The van der Waals surface area contributed by atoms with Crippen molar-refractivity contribution in [3.63, 3.8) is 0 Å². The van der Waals surface area contributed by atoms with Gasteiger partial charge in [0, 0.05) is 22.7 Å². The first-order valence-electron chi connectivity index (χ1n) is 10.5. The first-order chi connectivity index (χ1) is 15.0. The molecular weight excluding hydrogens is 392 g/mol. The van der Waals surface area contributed by atoms with Crippen molar-refractivity contribution < 1.29 is 14.1 Å². The highest BCUT2D eigenvalue weighted by Crippen LogP contribution is 2.28. The molecule has 0 aliphatic carbocycles. The van der Waals surface area contributed by atoms with E-state index < -0.39 is 0 Å². The Kier molecular flexibility index (Phi) is 6.23. The summed E-state index contributed by atoms with van der Waals surface area (Å²) in [4.78, 5) is 30.6. The molecule has 7 heteroatoms. The summed E-state index contributed by atoms with van der Waals surface area (Å²) < 4.78 is 5.53. The Morgan fingerprint density at radius 3 is 2.58 bits per heavy atom. The lowest BCUT2D eigenvalue weighted by Crippen LogP contribution is -2.38. The standard InChI is InChI=1S/C24H26N4O3/c1-16-6-8-18(9-7-16)23-26-24(31-27-23)19-10-12-28(13-11-19)15-22(30)25-21-5-3-4-20(14-21)17(2)29/h3-9,14,19H,10-13,15H2,1-2H3,(H,25,30). The maximum absolute atomic E-state index is 12.4. The zero-order chi connectivity index (χ0) is 21.8. The smallest absolute Gasteiger partial charge is 0.238 e. The minimum absolute atomic E-state index is 0.0234. The van der Waals surface area contributed by atoms with Crippen LogP contribution < -0.4 is 5.32 Å². The number of nitrogens with one attached hydrogen (secondary N) is 1. The third-order valence-electron chi connectivity index (χ3n) is 5.61. The van der Waals surface area contributed by atoms with Crippen molar-refractivity contribution in [2.24, 2.45) is 0 Å². The molecule has 1 aliphatic heterocycles. The SMILES string of the molecule is CC(=O)c1cccc(NC(=O)CN2CCC(c3nc(-c4ccc(C)cc4)no3)CC2)c1. The van der Waals surface area contributed by atoms with Crippen LogP contribution in [-0.2, 0) is 4.79 Å². The number of carbonyl (C=O) groups is 2. The van der Waals surface area contributed by atoms with Crippen molar-refractivity contribution in [2.75, 3.05) is 25.0 Å². The Morgan fingerprint density at radius 2 is 1.87 bits per heavy atom. The topological polar surface area (TPSA) is 88.3 Å². The van der Waals surface area contributed by atoms with Crippen LogP contribution >= 0.6 is 0 Å². The Bertz CT molecular complexity index is 1070. The van der Waals surface area contributed by atoms with E-state index in [4.69, 9.17) is 4.52 Å². The number of aryl methyl sites for hydroxylation is 1. The van der Waals surface area contributed by atoms with Gasteiger partial charge in [-0.2, -0.15) is 4.98 Å². The molecule has 0 atom stereocenters. The van der Waals surface area contributed by atoms with Gasteiger partial charge in [-0.1, -0.05) is 47.1 Å². The van der Waals surface area contributed by atoms with E-state index in [9.17, 15) is 9.59 Å². The van der Waals surface area contributed by atoms with Gasteiger partial charge in [-0.3, -0.25) is 14.5 Å². The lowest BCUT2D eigenvalue weighted by molar-refractivity contribution is -0.117. The first-order valence-corrected chi connectivity index (χ1v) is 10.5. The lowest BCUT2D eigenvalue weighted by Gasteiger charge is -2.29. The number of anilines is 1. The Balaban J connectivity index is 1.29. The molecule has 1 aliphatic rings. The van der Waals surface area contributed by atoms with Crippen LogP contribution in [0.2, 0.25) is 0 Å². The lowest BCUT2D eigenvalue weighted by atomic mass is 9.97. The van der Waals surface area contributed by atoms with Crippen LogP contribution in [0.15, 0.2) is 53.1 Å². The van der Waals surface area contributed by atoms with Crippen LogP contribution in [0.1, 0.15) is 47.5 Å². The van der Waals surface area contributed by atoms with Gasteiger partial charge in [0.25, 0.3) is 0 Å². The summed E-state index contributed by atoms with van der Waals surface area (Å²) in [5.74, 6) is 1.38. The number of hydrogen-bond donors (Lipinski definition) is 1. The largest absolute Gasteiger partial charge is 0.339 e. The highest BCUT2D eigenvalue weighted by atomic mass is 16.5. The molecule has 0 unspecified atom stereocenters. The molecule has 4 rings (SSSR count). The molecule has 0 radical (unpaired) electrons. The van der Waals surface area contributed by atoms with E-state index in [1.807, 2.05) is 31.2 Å². The number of Topliss-reactive ketones (excluding diaryl/α,β-unsaturated/α-hetero) is 1. The van der Waals surface area contributed by atoms with E-state index in [-0.39, 0.29) is 17.6 Å². The van der Waals surface area contributed by atoms with Crippen molar-refractivity contribution in [2.45, 2.75) is 32.6 Å². The summed E-state index contributed by atoms with van der Waals surface area (Å²) in [5, 5.41) is 7.02. The molecular formula is C24H26N4O3. The second kappa shape index (κ2) is 9.22. The Morgan fingerprint density at radius 1 is 1.13 bits per heavy atom. The van der Waals surface area contributed by atoms with E-state index >= 15 is 0 Å². The van der Waals surface area contributed by atoms with Gasteiger partial charge in [0.1, 0.15) is 0 Å².